The first-order valence-corrected chi connectivity index (χ1v) is 10.8. The van der Waals surface area contributed by atoms with Crippen molar-refractivity contribution in [1.82, 2.24) is 10.6 Å². The van der Waals surface area contributed by atoms with Gasteiger partial charge in [-0.05, 0) is 27.7 Å². The van der Waals surface area contributed by atoms with Crippen LogP contribution in [0.1, 0.15) is 40.5 Å². The summed E-state index contributed by atoms with van der Waals surface area (Å²) in [5.74, 6) is -3.64. The topological polar surface area (TPSA) is 253 Å². The Bertz CT molecular complexity index is 456. The SMILES string of the molecule is CC(C)[NH3+].CC(C)[NH3+].O=C([O-])CNCC(=O)OCCCO.O=C([O-])CNCC(=O)OCCCO. The highest BCUT2D eigenvalue weighted by Crippen LogP contribution is 1.82. The van der Waals surface area contributed by atoms with Crippen molar-refractivity contribution in [2.75, 3.05) is 52.6 Å². The number of aliphatic hydroxyl groups is 2. The Morgan fingerprint density at radius 1 is 0.706 bits per heavy atom. The van der Waals surface area contributed by atoms with Gasteiger partial charge in [-0.15, -0.1) is 0 Å². The van der Waals surface area contributed by atoms with Gasteiger partial charge in [0.2, 0.25) is 0 Å². The van der Waals surface area contributed by atoms with Crippen LogP contribution in [-0.4, -0.2) is 98.8 Å². The molecule has 0 aliphatic rings. The van der Waals surface area contributed by atoms with Crippen molar-refractivity contribution in [2.24, 2.45) is 0 Å². The van der Waals surface area contributed by atoms with Gasteiger partial charge >= 0.3 is 11.9 Å². The summed E-state index contributed by atoms with van der Waals surface area (Å²) in [5, 5.41) is 41.1. The third-order valence-corrected chi connectivity index (χ3v) is 2.21. The predicted octanol–water partition coefficient (Wildman–Crippen LogP) is -6.22. The first-order chi connectivity index (χ1) is 15.8. The van der Waals surface area contributed by atoms with Gasteiger partial charge in [0.05, 0.1) is 50.3 Å². The lowest BCUT2D eigenvalue weighted by Gasteiger charge is -2.05. The summed E-state index contributed by atoms with van der Waals surface area (Å²) >= 11 is 0. The van der Waals surface area contributed by atoms with Crippen LogP contribution in [0.2, 0.25) is 0 Å². The number of carbonyl (C=O) groups excluding carboxylic acids is 4. The van der Waals surface area contributed by atoms with Crippen molar-refractivity contribution < 1.29 is 60.5 Å². The lowest BCUT2D eigenvalue weighted by molar-refractivity contribution is -0.408. The maximum atomic E-state index is 10.7. The Balaban J connectivity index is -0.000000201. The van der Waals surface area contributed by atoms with Crippen LogP contribution >= 0.6 is 0 Å². The van der Waals surface area contributed by atoms with E-state index in [1.165, 1.54) is 0 Å². The normalized spacial score (nSPS) is 9.47. The number of aliphatic hydroxyl groups excluding tert-OH is 2. The zero-order chi connectivity index (χ0) is 27.4. The molecule has 0 aromatic carbocycles. The molecule has 0 amide bonds. The fourth-order valence-electron chi connectivity index (χ4n) is 1.14. The first kappa shape index (κ1) is 38.9. The van der Waals surface area contributed by atoms with Crippen molar-refractivity contribution >= 4 is 23.9 Å². The summed E-state index contributed by atoms with van der Waals surface area (Å²) in [6, 6.07) is 1.17. The molecule has 0 aliphatic heterocycles. The van der Waals surface area contributed by atoms with E-state index in [1.54, 1.807) is 0 Å². The molecule has 0 saturated carbocycles. The highest BCUT2D eigenvalue weighted by Gasteiger charge is 2.01. The molecule has 10 N–H and O–H groups in total. The van der Waals surface area contributed by atoms with Gasteiger partial charge in [0.15, 0.2) is 0 Å². The number of carboxylic acid groups (broad SMARTS) is 2. The third kappa shape index (κ3) is 63.0. The number of carbonyl (C=O) groups is 4. The van der Waals surface area contributed by atoms with Gasteiger partial charge in [0.25, 0.3) is 0 Å². The lowest BCUT2D eigenvalue weighted by Crippen LogP contribution is -2.57. The fourth-order valence-corrected chi connectivity index (χ4v) is 1.14. The summed E-state index contributed by atoms with van der Waals surface area (Å²) in [7, 11) is 0. The molecule has 0 rings (SSSR count). The minimum absolute atomic E-state index is 0.0419. The number of hydrogen-bond acceptors (Lipinski definition) is 12. The largest absolute Gasteiger partial charge is 0.549 e. The number of aliphatic carboxylic acids is 2. The second-order valence-electron chi connectivity index (χ2n) is 7.33. The molecular formula is C20H44N4O10. The van der Waals surface area contributed by atoms with Crippen LogP contribution in [0.15, 0.2) is 0 Å². The van der Waals surface area contributed by atoms with Gasteiger partial charge < -0.3 is 61.6 Å². The van der Waals surface area contributed by atoms with Crippen LogP contribution in [-0.2, 0) is 28.7 Å². The summed E-state index contributed by atoms with van der Waals surface area (Å²) in [4.78, 5) is 41.2. The molecule has 0 atom stereocenters. The fraction of sp³-hybridized carbons (Fsp3) is 0.800. The maximum Gasteiger partial charge on any atom is 0.319 e. The molecule has 34 heavy (non-hydrogen) atoms. The Kier molecular flexibility index (Phi) is 35.0. The summed E-state index contributed by atoms with van der Waals surface area (Å²) in [5.41, 5.74) is 7.28. The van der Waals surface area contributed by atoms with Gasteiger partial charge in [0, 0.05) is 39.1 Å². The van der Waals surface area contributed by atoms with Crippen LogP contribution in [0.3, 0.4) is 0 Å². The first-order valence-electron chi connectivity index (χ1n) is 10.8. The number of esters is 2. The molecule has 0 spiro atoms. The predicted molar refractivity (Wildman–Crippen MR) is 117 cm³/mol. The van der Waals surface area contributed by atoms with E-state index in [1.807, 2.05) is 0 Å². The van der Waals surface area contributed by atoms with Gasteiger partial charge in [-0.2, -0.15) is 0 Å². The second kappa shape index (κ2) is 30.6. The number of nitrogens with one attached hydrogen (secondary N) is 2. The Hall–Kier alpha value is -2.36. The van der Waals surface area contributed by atoms with Gasteiger partial charge in [-0.3, -0.25) is 9.59 Å². The molecule has 0 bridgehead atoms. The molecule has 0 radical (unpaired) electrons. The Morgan fingerprint density at radius 2 is 0.971 bits per heavy atom. The van der Waals surface area contributed by atoms with E-state index >= 15 is 0 Å². The van der Waals surface area contributed by atoms with Crippen LogP contribution in [0.5, 0.6) is 0 Å². The minimum Gasteiger partial charge on any atom is -0.549 e. The number of rotatable bonds is 14. The molecule has 204 valence electrons. The Morgan fingerprint density at radius 3 is 1.18 bits per heavy atom. The smallest absolute Gasteiger partial charge is 0.319 e. The van der Waals surface area contributed by atoms with E-state index in [9.17, 15) is 29.4 Å². The van der Waals surface area contributed by atoms with Crippen LogP contribution in [0, 0.1) is 0 Å². The van der Waals surface area contributed by atoms with E-state index in [-0.39, 0.29) is 52.6 Å². The molecule has 0 aromatic rings. The van der Waals surface area contributed by atoms with Gasteiger partial charge in [0.1, 0.15) is 0 Å². The molecule has 0 aromatic heterocycles. The van der Waals surface area contributed by atoms with Crippen molar-refractivity contribution in [1.29, 1.82) is 0 Å². The Labute approximate surface area is 201 Å². The zero-order valence-electron chi connectivity index (χ0n) is 20.8. The highest BCUT2D eigenvalue weighted by atomic mass is 16.5. The summed E-state index contributed by atoms with van der Waals surface area (Å²) in [6.07, 6.45) is 0.762. The molecule has 0 fully saturated rings. The molecule has 14 heteroatoms. The van der Waals surface area contributed by atoms with Crippen LogP contribution < -0.4 is 32.3 Å². The lowest BCUT2D eigenvalue weighted by atomic mass is 10.4. The van der Waals surface area contributed by atoms with E-state index in [0.29, 0.717) is 24.9 Å². The van der Waals surface area contributed by atoms with Crippen molar-refractivity contribution in [3.8, 4) is 0 Å². The molecule has 0 aliphatic carbocycles. The van der Waals surface area contributed by atoms with Crippen molar-refractivity contribution in [3.63, 3.8) is 0 Å². The molecule has 0 unspecified atom stereocenters. The van der Waals surface area contributed by atoms with E-state index in [2.05, 4.69) is 59.3 Å². The van der Waals surface area contributed by atoms with E-state index in [0.717, 1.165) is 0 Å². The monoisotopic (exact) mass is 500 g/mol. The molecule has 0 saturated heterocycles. The number of ether oxygens (including phenoxy) is 2. The zero-order valence-corrected chi connectivity index (χ0v) is 20.8. The minimum atomic E-state index is -1.27. The number of quaternary nitrogens is 2. The standard InChI is InChI=1S/2C7H13NO5.2C3H9N/c2*9-2-1-3-13-7(12)5-8-4-6(10)11;2*1-3(2)4/h2*8-9H,1-5H2,(H,10,11);2*3H,4H2,1-2H3. The number of hydrogen-bond donors (Lipinski definition) is 6. The molecule has 0 heterocycles. The average molecular weight is 501 g/mol. The summed E-state index contributed by atoms with van der Waals surface area (Å²) < 4.78 is 9.18. The molecule has 14 nitrogen and oxygen atoms in total. The maximum absolute atomic E-state index is 10.7. The van der Waals surface area contributed by atoms with Gasteiger partial charge in [-0.1, -0.05) is 0 Å². The quantitative estimate of drug-likeness (QED) is 0.0962. The van der Waals surface area contributed by atoms with Crippen molar-refractivity contribution in [2.45, 2.75) is 52.6 Å². The van der Waals surface area contributed by atoms with Gasteiger partial charge in [-0.25, -0.2) is 0 Å². The van der Waals surface area contributed by atoms with Crippen molar-refractivity contribution in [3.05, 3.63) is 0 Å². The second-order valence-corrected chi connectivity index (χ2v) is 7.33. The molecular weight excluding hydrogens is 456 g/mol. The van der Waals surface area contributed by atoms with Crippen LogP contribution in [0.25, 0.3) is 0 Å². The highest BCUT2D eigenvalue weighted by molar-refractivity contribution is 5.73. The van der Waals surface area contributed by atoms with E-state index in [4.69, 9.17) is 10.2 Å². The average Bonchev–Trinajstić information content (AvgIpc) is 2.67. The third-order valence-electron chi connectivity index (χ3n) is 2.21. The van der Waals surface area contributed by atoms with E-state index < -0.39 is 23.9 Å². The summed E-state index contributed by atoms with van der Waals surface area (Å²) in [6.45, 7) is 7.33. The van der Waals surface area contributed by atoms with Crippen LogP contribution in [0.4, 0.5) is 0 Å². The number of carboxylic acids is 2.